The largest absolute Gasteiger partial charge is 0.466 e. The number of benzene rings is 1. The molecule has 0 unspecified atom stereocenters. The first-order valence-corrected chi connectivity index (χ1v) is 7.48. The summed E-state index contributed by atoms with van der Waals surface area (Å²) in [5, 5.41) is 7.27. The van der Waals surface area contributed by atoms with E-state index in [2.05, 4.69) is 10.6 Å². The molecule has 0 amide bonds. The van der Waals surface area contributed by atoms with Gasteiger partial charge in [0.05, 0.1) is 28.8 Å². The van der Waals surface area contributed by atoms with Gasteiger partial charge >= 0.3 is 5.97 Å². The first-order chi connectivity index (χ1) is 9.99. The minimum atomic E-state index is -0.493. The summed E-state index contributed by atoms with van der Waals surface area (Å²) in [6.07, 6.45) is 0.612. The molecule has 7 heteroatoms. The molecule has 0 saturated heterocycles. The van der Waals surface area contributed by atoms with Crippen molar-refractivity contribution < 1.29 is 9.53 Å². The number of allylic oxidation sites excluding steroid dienone is 1. The summed E-state index contributed by atoms with van der Waals surface area (Å²) in [6, 6.07) is 4.77. The van der Waals surface area contributed by atoms with Gasteiger partial charge in [0.2, 0.25) is 0 Å². The molecule has 1 aliphatic rings. The minimum absolute atomic E-state index is 0.387. The summed E-state index contributed by atoms with van der Waals surface area (Å²) in [5.74, 6) is -0.435. The van der Waals surface area contributed by atoms with Crippen molar-refractivity contribution in [1.29, 1.82) is 0 Å². The molecule has 1 aliphatic heterocycles. The smallest absolute Gasteiger partial charge is 0.337 e. The lowest BCUT2D eigenvalue weighted by molar-refractivity contribution is -0.136. The highest BCUT2D eigenvalue weighted by Gasteiger charge is 2.32. The van der Waals surface area contributed by atoms with Crippen molar-refractivity contribution in [2.45, 2.75) is 19.4 Å². The van der Waals surface area contributed by atoms with Crippen LogP contribution in [-0.2, 0) is 9.53 Å². The minimum Gasteiger partial charge on any atom is -0.466 e. The summed E-state index contributed by atoms with van der Waals surface area (Å²) < 4.78 is 4.88. The zero-order valence-electron chi connectivity index (χ0n) is 11.5. The second-order valence-electron chi connectivity index (χ2n) is 4.41. The van der Waals surface area contributed by atoms with E-state index in [4.69, 9.17) is 40.2 Å². The van der Waals surface area contributed by atoms with Crippen LogP contribution in [0.5, 0.6) is 0 Å². The molecule has 4 nitrogen and oxygen atoms in total. The van der Waals surface area contributed by atoms with Gasteiger partial charge in [-0.15, -0.1) is 0 Å². The Bertz CT molecular complexity index is 631. The van der Waals surface area contributed by atoms with Gasteiger partial charge in [-0.1, -0.05) is 42.3 Å². The molecule has 21 heavy (non-hydrogen) atoms. The van der Waals surface area contributed by atoms with Crippen molar-refractivity contribution in [3.8, 4) is 0 Å². The lowest BCUT2D eigenvalue weighted by atomic mass is 9.94. The van der Waals surface area contributed by atoms with Gasteiger partial charge in [0.15, 0.2) is 5.11 Å². The molecule has 2 rings (SSSR count). The first-order valence-electron chi connectivity index (χ1n) is 6.32. The van der Waals surface area contributed by atoms with Crippen molar-refractivity contribution in [2.75, 3.05) is 7.11 Å². The van der Waals surface area contributed by atoms with Gasteiger partial charge in [0.25, 0.3) is 0 Å². The maximum Gasteiger partial charge on any atom is 0.337 e. The molecule has 0 aliphatic carbocycles. The fourth-order valence-corrected chi connectivity index (χ4v) is 2.88. The number of methoxy groups -OCH3 is 1. The molecule has 1 aromatic rings. The quantitative estimate of drug-likeness (QED) is 0.650. The molecule has 0 spiro atoms. The number of esters is 1. The number of thiocarbonyl (C=S) groups is 1. The number of hydrogen-bond donors (Lipinski definition) is 2. The van der Waals surface area contributed by atoms with Crippen LogP contribution in [0.25, 0.3) is 0 Å². The zero-order chi connectivity index (χ0) is 15.6. The van der Waals surface area contributed by atoms with E-state index in [0.29, 0.717) is 38.4 Å². The lowest BCUT2D eigenvalue weighted by Gasteiger charge is -2.31. The van der Waals surface area contributed by atoms with Crippen molar-refractivity contribution in [3.05, 3.63) is 45.1 Å². The maximum absolute atomic E-state index is 12.1. The number of halogens is 2. The molecule has 0 saturated carbocycles. The number of nitrogens with one attached hydrogen (secondary N) is 2. The lowest BCUT2D eigenvalue weighted by Crippen LogP contribution is -2.45. The van der Waals surface area contributed by atoms with Crippen molar-refractivity contribution in [2.24, 2.45) is 0 Å². The molecular formula is C14H14Cl2N2O2S. The van der Waals surface area contributed by atoms with E-state index in [1.807, 2.05) is 6.92 Å². The van der Waals surface area contributed by atoms with Crippen LogP contribution in [0.1, 0.15) is 24.9 Å². The van der Waals surface area contributed by atoms with E-state index in [1.165, 1.54) is 7.11 Å². The predicted molar refractivity (Wildman–Crippen MR) is 87.4 cm³/mol. The van der Waals surface area contributed by atoms with E-state index in [9.17, 15) is 4.79 Å². The summed E-state index contributed by atoms with van der Waals surface area (Å²) in [5.41, 5.74) is 1.85. The highest BCUT2D eigenvalue weighted by atomic mass is 35.5. The topological polar surface area (TPSA) is 50.4 Å². The normalized spacial score (nSPS) is 18.1. The van der Waals surface area contributed by atoms with E-state index >= 15 is 0 Å². The number of hydrogen-bond acceptors (Lipinski definition) is 3. The van der Waals surface area contributed by atoms with Crippen molar-refractivity contribution >= 4 is 46.5 Å². The highest BCUT2D eigenvalue weighted by molar-refractivity contribution is 7.80. The molecule has 1 aromatic carbocycles. The van der Waals surface area contributed by atoms with Gasteiger partial charge in [-0.25, -0.2) is 4.79 Å². The first kappa shape index (κ1) is 16.1. The van der Waals surface area contributed by atoms with E-state index < -0.39 is 12.0 Å². The van der Waals surface area contributed by atoms with Crippen LogP contribution in [0.4, 0.5) is 0 Å². The van der Waals surface area contributed by atoms with Gasteiger partial charge in [-0.3, -0.25) is 0 Å². The average molecular weight is 345 g/mol. The standard InChI is InChI=1S/C14H14Cl2N2O2S/c1-3-9-10(13(19)20-2)12(18-14(21)17-9)7-5-4-6-8(15)11(7)16/h4-6,12H,3H2,1-2H3,(H2,17,18,21)/t12-/m1/s1. The Balaban J connectivity index is 2.60. The Morgan fingerprint density at radius 3 is 2.76 bits per heavy atom. The maximum atomic E-state index is 12.1. The molecule has 0 aromatic heterocycles. The predicted octanol–water partition coefficient (Wildman–Crippen LogP) is 3.35. The molecule has 0 bridgehead atoms. The highest BCUT2D eigenvalue weighted by Crippen LogP contribution is 2.36. The van der Waals surface area contributed by atoms with Crippen LogP contribution in [0, 0.1) is 0 Å². The Kier molecular flexibility index (Phi) is 5.08. The van der Waals surface area contributed by atoms with E-state index in [1.54, 1.807) is 18.2 Å². The molecular weight excluding hydrogens is 331 g/mol. The Hall–Kier alpha value is -1.30. The van der Waals surface area contributed by atoms with Crippen LogP contribution >= 0.6 is 35.4 Å². The second-order valence-corrected chi connectivity index (χ2v) is 5.61. The number of carbonyl (C=O) groups is 1. The summed E-state index contributed by atoms with van der Waals surface area (Å²) >= 11 is 17.5. The summed E-state index contributed by atoms with van der Waals surface area (Å²) in [4.78, 5) is 12.1. The fourth-order valence-electron chi connectivity index (χ4n) is 2.22. The third-order valence-electron chi connectivity index (χ3n) is 3.20. The molecule has 112 valence electrons. The molecule has 0 radical (unpaired) electrons. The fraction of sp³-hybridized carbons (Fsp3) is 0.286. The van der Waals surface area contributed by atoms with E-state index in [-0.39, 0.29) is 0 Å². The summed E-state index contributed by atoms with van der Waals surface area (Å²) in [7, 11) is 1.34. The molecule has 2 N–H and O–H groups in total. The Labute approximate surface area is 138 Å². The Morgan fingerprint density at radius 1 is 1.43 bits per heavy atom. The average Bonchev–Trinajstić information content (AvgIpc) is 2.48. The monoisotopic (exact) mass is 344 g/mol. The van der Waals surface area contributed by atoms with E-state index in [0.717, 1.165) is 0 Å². The van der Waals surface area contributed by atoms with Gasteiger partial charge in [0.1, 0.15) is 0 Å². The molecule has 1 heterocycles. The zero-order valence-corrected chi connectivity index (χ0v) is 13.8. The van der Waals surface area contributed by atoms with Gasteiger partial charge < -0.3 is 15.4 Å². The van der Waals surface area contributed by atoms with Gasteiger partial charge in [0, 0.05) is 5.70 Å². The van der Waals surface area contributed by atoms with Crippen molar-refractivity contribution in [3.63, 3.8) is 0 Å². The Morgan fingerprint density at radius 2 is 2.14 bits per heavy atom. The molecule has 0 fully saturated rings. The number of carbonyl (C=O) groups excluding carboxylic acids is 1. The number of rotatable bonds is 3. The van der Waals surface area contributed by atoms with Crippen molar-refractivity contribution in [1.82, 2.24) is 10.6 Å². The van der Waals surface area contributed by atoms with Crippen LogP contribution in [0.3, 0.4) is 0 Å². The van der Waals surface area contributed by atoms with Crippen LogP contribution in [0.2, 0.25) is 10.0 Å². The van der Waals surface area contributed by atoms with Gasteiger partial charge in [-0.2, -0.15) is 0 Å². The van der Waals surface area contributed by atoms with Crippen LogP contribution in [-0.4, -0.2) is 18.2 Å². The third kappa shape index (κ3) is 3.15. The van der Waals surface area contributed by atoms with Crippen LogP contribution in [0.15, 0.2) is 29.5 Å². The molecule has 1 atom stereocenters. The summed E-state index contributed by atoms with van der Waals surface area (Å²) in [6.45, 7) is 1.93. The SMILES string of the molecule is CCC1=C(C(=O)OC)[C@@H](c2cccc(Cl)c2Cl)NC(=S)N1. The number of ether oxygens (including phenoxy) is 1. The van der Waals surface area contributed by atoms with Crippen LogP contribution < -0.4 is 10.6 Å². The van der Waals surface area contributed by atoms with Gasteiger partial charge in [-0.05, 0) is 30.3 Å². The second kappa shape index (κ2) is 6.64. The third-order valence-corrected chi connectivity index (χ3v) is 4.26.